The van der Waals surface area contributed by atoms with Crippen LogP contribution in [0.1, 0.15) is 30.3 Å². The lowest BCUT2D eigenvalue weighted by molar-refractivity contribution is -0.0353. The highest BCUT2D eigenvalue weighted by Gasteiger charge is 2.25. The van der Waals surface area contributed by atoms with Crippen molar-refractivity contribution < 1.29 is 4.74 Å². The van der Waals surface area contributed by atoms with E-state index in [0.717, 1.165) is 37.0 Å². The van der Waals surface area contributed by atoms with E-state index in [-0.39, 0.29) is 11.7 Å². The third kappa shape index (κ3) is 3.38. The molecule has 1 N–H and O–H groups in total. The Balaban J connectivity index is 1.32. The Kier molecular flexibility index (Phi) is 4.53. The van der Waals surface area contributed by atoms with Crippen LogP contribution in [0.5, 0.6) is 0 Å². The number of hydrogen-bond donors (Lipinski definition) is 1. The SMILES string of the molecule is O=c1cc(CN2CCOC(c3ccnc(N4CCCC4)n3)C2)nc2cc[nH]n12. The predicted octanol–water partition coefficient (Wildman–Crippen LogP) is 0.986. The van der Waals surface area contributed by atoms with Gasteiger partial charge in [-0.15, -0.1) is 0 Å². The lowest BCUT2D eigenvalue weighted by Gasteiger charge is -2.32. The minimum absolute atomic E-state index is 0.0964. The van der Waals surface area contributed by atoms with Gasteiger partial charge in [-0.3, -0.25) is 14.8 Å². The maximum atomic E-state index is 12.2. The lowest BCUT2D eigenvalue weighted by atomic mass is 10.2. The van der Waals surface area contributed by atoms with Crippen molar-refractivity contribution in [3.63, 3.8) is 0 Å². The summed E-state index contributed by atoms with van der Waals surface area (Å²) in [7, 11) is 0. The quantitative estimate of drug-likeness (QED) is 0.720. The number of aromatic nitrogens is 5. The number of ether oxygens (including phenoxy) is 1. The Bertz CT molecular complexity index is 1020. The fraction of sp³-hybridized carbons (Fsp3) is 0.474. The summed E-state index contributed by atoms with van der Waals surface area (Å²) in [6.07, 6.45) is 5.82. The first-order valence-corrected chi connectivity index (χ1v) is 9.74. The molecule has 0 saturated carbocycles. The highest BCUT2D eigenvalue weighted by molar-refractivity contribution is 5.36. The lowest BCUT2D eigenvalue weighted by Crippen LogP contribution is -2.38. The highest BCUT2D eigenvalue weighted by Crippen LogP contribution is 2.24. The Morgan fingerprint density at radius 2 is 2.07 bits per heavy atom. The second-order valence-corrected chi connectivity index (χ2v) is 7.31. The number of nitrogens with one attached hydrogen (secondary N) is 1. The molecule has 9 heteroatoms. The maximum Gasteiger partial charge on any atom is 0.272 e. The number of fused-ring (bicyclic) bond motifs is 1. The summed E-state index contributed by atoms with van der Waals surface area (Å²) in [5, 5.41) is 2.87. The summed E-state index contributed by atoms with van der Waals surface area (Å²) in [5.41, 5.74) is 2.22. The van der Waals surface area contributed by atoms with Crippen LogP contribution in [0.4, 0.5) is 5.95 Å². The van der Waals surface area contributed by atoms with Crippen molar-refractivity contribution in [2.24, 2.45) is 0 Å². The second kappa shape index (κ2) is 7.33. The molecule has 1 atom stereocenters. The van der Waals surface area contributed by atoms with Crippen molar-refractivity contribution in [3.05, 3.63) is 52.3 Å². The molecule has 5 rings (SSSR count). The minimum atomic E-state index is -0.102. The number of morpholine rings is 1. The highest BCUT2D eigenvalue weighted by atomic mass is 16.5. The standard InChI is InChI=1S/C19H23N7O2/c27-18-11-14(22-17-4-6-21-26(17)18)12-24-9-10-28-16(13-24)15-3-5-20-19(23-15)25-7-1-2-8-25/h3-6,11,16,21H,1-2,7-10,12-13H2. The number of nitrogens with zero attached hydrogens (tertiary/aromatic N) is 6. The summed E-state index contributed by atoms with van der Waals surface area (Å²) >= 11 is 0. The van der Waals surface area contributed by atoms with Gasteiger partial charge in [-0.1, -0.05) is 0 Å². The van der Waals surface area contributed by atoms with Gasteiger partial charge in [0, 0.05) is 57.3 Å². The molecule has 5 heterocycles. The summed E-state index contributed by atoms with van der Waals surface area (Å²) in [4.78, 5) is 30.4. The summed E-state index contributed by atoms with van der Waals surface area (Å²) in [6.45, 7) is 4.78. The molecule has 28 heavy (non-hydrogen) atoms. The van der Waals surface area contributed by atoms with Crippen LogP contribution in [-0.4, -0.2) is 62.3 Å². The summed E-state index contributed by atoms with van der Waals surface area (Å²) in [5.74, 6) is 0.795. The zero-order chi connectivity index (χ0) is 18.9. The van der Waals surface area contributed by atoms with Gasteiger partial charge in [-0.25, -0.2) is 19.5 Å². The molecule has 0 bridgehead atoms. The van der Waals surface area contributed by atoms with E-state index in [1.165, 1.54) is 17.4 Å². The third-order valence-electron chi connectivity index (χ3n) is 5.35. The van der Waals surface area contributed by atoms with E-state index in [1.54, 1.807) is 18.3 Å². The van der Waals surface area contributed by atoms with E-state index >= 15 is 0 Å². The molecule has 146 valence electrons. The van der Waals surface area contributed by atoms with Crippen molar-refractivity contribution in [1.82, 2.24) is 29.5 Å². The molecule has 2 saturated heterocycles. The summed E-state index contributed by atoms with van der Waals surface area (Å²) < 4.78 is 7.43. The van der Waals surface area contributed by atoms with E-state index in [0.29, 0.717) is 25.3 Å². The smallest absolute Gasteiger partial charge is 0.272 e. The number of hydrogen-bond acceptors (Lipinski definition) is 7. The molecular formula is C19H23N7O2. The number of anilines is 1. The third-order valence-corrected chi connectivity index (χ3v) is 5.35. The minimum Gasteiger partial charge on any atom is -0.369 e. The van der Waals surface area contributed by atoms with Crippen LogP contribution in [0.25, 0.3) is 5.65 Å². The molecule has 9 nitrogen and oxygen atoms in total. The first kappa shape index (κ1) is 17.3. The molecule has 0 aliphatic carbocycles. The van der Waals surface area contributed by atoms with Gasteiger partial charge in [0.05, 0.1) is 18.0 Å². The Hall–Kier alpha value is -2.78. The monoisotopic (exact) mass is 381 g/mol. The van der Waals surface area contributed by atoms with Crippen molar-refractivity contribution in [1.29, 1.82) is 0 Å². The van der Waals surface area contributed by atoms with Crippen LogP contribution >= 0.6 is 0 Å². The first-order valence-electron chi connectivity index (χ1n) is 9.74. The van der Waals surface area contributed by atoms with E-state index in [2.05, 4.69) is 24.9 Å². The molecule has 0 radical (unpaired) electrons. The van der Waals surface area contributed by atoms with Crippen molar-refractivity contribution in [3.8, 4) is 0 Å². The Morgan fingerprint density at radius 1 is 1.18 bits per heavy atom. The fourth-order valence-corrected chi connectivity index (χ4v) is 3.92. The number of rotatable bonds is 4. The molecule has 2 aliphatic rings. The van der Waals surface area contributed by atoms with E-state index < -0.39 is 0 Å². The van der Waals surface area contributed by atoms with Crippen LogP contribution in [0, 0.1) is 0 Å². The normalized spacial score (nSPS) is 20.9. The summed E-state index contributed by atoms with van der Waals surface area (Å²) in [6, 6.07) is 5.32. The molecule has 3 aromatic heterocycles. The van der Waals surface area contributed by atoms with Gasteiger partial charge >= 0.3 is 0 Å². The van der Waals surface area contributed by atoms with Gasteiger partial charge < -0.3 is 9.64 Å². The van der Waals surface area contributed by atoms with Gasteiger partial charge in [0.15, 0.2) is 5.65 Å². The molecule has 2 aliphatic heterocycles. The maximum absolute atomic E-state index is 12.2. The van der Waals surface area contributed by atoms with Gasteiger partial charge in [0.1, 0.15) is 6.10 Å². The Labute approximate surface area is 162 Å². The average molecular weight is 381 g/mol. The Morgan fingerprint density at radius 3 is 2.96 bits per heavy atom. The zero-order valence-corrected chi connectivity index (χ0v) is 15.6. The van der Waals surface area contributed by atoms with E-state index in [4.69, 9.17) is 9.72 Å². The van der Waals surface area contributed by atoms with Crippen LogP contribution in [0.15, 0.2) is 35.4 Å². The van der Waals surface area contributed by atoms with Crippen molar-refractivity contribution >= 4 is 11.6 Å². The molecular weight excluding hydrogens is 358 g/mol. The first-order chi connectivity index (χ1) is 13.8. The van der Waals surface area contributed by atoms with Crippen LogP contribution in [0.3, 0.4) is 0 Å². The van der Waals surface area contributed by atoms with Crippen LogP contribution < -0.4 is 10.5 Å². The number of H-pyrrole nitrogens is 1. The van der Waals surface area contributed by atoms with Crippen LogP contribution in [-0.2, 0) is 11.3 Å². The van der Waals surface area contributed by atoms with Crippen molar-refractivity contribution in [2.45, 2.75) is 25.5 Å². The van der Waals surface area contributed by atoms with Crippen molar-refractivity contribution in [2.75, 3.05) is 37.7 Å². The molecule has 1 unspecified atom stereocenters. The molecule has 0 amide bonds. The van der Waals surface area contributed by atoms with Crippen LogP contribution in [0.2, 0.25) is 0 Å². The second-order valence-electron chi connectivity index (χ2n) is 7.31. The van der Waals surface area contributed by atoms with Gasteiger partial charge in [0.2, 0.25) is 5.95 Å². The molecule has 2 fully saturated rings. The van der Waals surface area contributed by atoms with E-state index in [9.17, 15) is 4.79 Å². The molecule has 0 aromatic carbocycles. The topological polar surface area (TPSA) is 91.7 Å². The largest absolute Gasteiger partial charge is 0.369 e. The van der Waals surface area contributed by atoms with E-state index in [1.807, 2.05) is 12.3 Å². The predicted molar refractivity (Wildman–Crippen MR) is 103 cm³/mol. The van der Waals surface area contributed by atoms with Gasteiger partial charge in [0.25, 0.3) is 5.56 Å². The molecule has 0 spiro atoms. The fourth-order valence-electron chi connectivity index (χ4n) is 3.92. The zero-order valence-electron chi connectivity index (χ0n) is 15.6. The average Bonchev–Trinajstić information content (AvgIpc) is 3.41. The van der Waals surface area contributed by atoms with Gasteiger partial charge in [-0.2, -0.15) is 0 Å². The molecule has 3 aromatic rings. The number of aromatic amines is 1. The van der Waals surface area contributed by atoms with Gasteiger partial charge in [-0.05, 0) is 18.9 Å².